The highest BCUT2D eigenvalue weighted by Gasteiger charge is 2.31. The van der Waals surface area contributed by atoms with Crippen molar-refractivity contribution in [1.29, 1.82) is 0 Å². The van der Waals surface area contributed by atoms with E-state index in [4.69, 9.17) is 4.52 Å². The van der Waals surface area contributed by atoms with Crippen molar-refractivity contribution in [3.05, 3.63) is 29.2 Å². The normalized spacial score (nSPS) is 23.1. The van der Waals surface area contributed by atoms with Gasteiger partial charge in [0.25, 0.3) is 5.91 Å². The van der Waals surface area contributed by atoms with Crippen LogP contribution in [0, 0.1) is 24.7 Å². The number of likely N-dealkylation sites (tertiary alicyclic amines) is 2. The highest BCUT2D eigenvalue weighted by Crippen LogP contribution is 2.31. The minimum Gasteiger partial charge on any atom is -0.361 e. The molecule has 2 aromatic rings. The van der Waals surface area contributed by atoms with E-state index in [2.05, 4.69) is 31.7 Å². The summed E-state index contributed by atoms with van der Waals surface area (Å²) in [5.74, 6) is 3.85. The van der Waals surface area contributed by atoms with E-state index in [-0.39, 0.29) is 5.91 Å². The standard InChI is InChI=1S/C24H36N6O2/c1-17-7-10-28(11-8-17)15-21-18(2)32-27-23(21)24(31)29-9-3-4-20(14-29)12-22-26-25-16-30(22)13-19-5-6-19/h16-17,19-20H,3-15H2,1-2H3. The molecule has 0 spiro atoms. The van der Waals surface area contributed by atoms with Crippen molar-refractivity contribution in [2.45, 2.75) is 71.9 Å². The number of aryl methyl sites for hydroxylation is 1. The molecule has 1 amide bonds. The molecule has 32 heavy (non-hydrogen) atoms. The van der Waals surface area contributed by atoms with Crippen LogP contribution in [0.2, 0.25) is 0 Å². The van der Waals surface area contributed by atoms with Gasteiger partial charge in [0.05, 0.1) is 0 Å². The maximum Gasteiger partial charge on any atom is 0.276 e. The molecule has 1 atom stereocenters. The van der Waals surface area contributed by atoms with Gasteiger partial charge in [-0.1, -0.05) is 12.1 Å². The SMILES string of the molecule is Cc1onc(C(=O)N2CCCC(Cc3nncn3CC3CC3)C2)c1CN1CCC(C)CC1. The van der Waals surface area contributed by atoms with Crippen LogP contribution in [-0.2, 0) is 19.5 Å². The predicted octanol–water partition coefficient (Wildman–Crippen LogP) is 3.31. The molecule has 0 radical (unpaired) electrons. The van der Waals surface area contributed by atoms with Crippen molar-refractivity contribution in [2.24, 2.45) is 17.8 Å². The molecule has 8 heteroatoms. The molecule has 1 saturated carbocycles. The van der Waals surface area contributed by atoms with Crippen LogP contribution in [0.4, 0.5) is 0 Å². The summed E-state index contributed by atoms with van der Waals surface area (Å²) in [7, 11) is 0. The molecule has 0 aromatic carbocycles. The lowest BCUT2D eigenvalue weighted by Crippen LogP contribution is -2.41. The Morgan fingerprint density at radius 2 is 1.94 bits per heavy atom. The molecule has 5 rings (SSSR count). The number of hydrogen-bond donors (Lipinski definition) is 0. The number of hydrogen-bond acceptors (Lipinski definition) is 6. The average molecular weight is 441 g/mol. The van der Waals surface area contributed by atoms with Gasteiger partial charge >= 0.3 is 0 Å². The van der Waals surface area contributed by atoms with Gasteiger partial charge in [0.2, 0.25) is 0 Å². The van der Waals surface area contributed by atoms with E-state index in [1.807, 2.05) is 18.2 Å². The van der Waals surface area contributed by atoms with E-state index < -0.39 is 0 Å². The Kier molecular flexibility index (Phi) is 6.31. The van der Waals surface area contributed by atoms with Gasteiger partial charge in [0, 0.05) is 38.2 Å². The summed E-state index contributed by atoms with van der Waals surface area (Å²) < 4.78 is 7.71. The topological polar surface area (TPSA) is 80.3 Å². The van der Waals surface area contributed by atoms with Crippen molar-refractivity contribution in [2.75, 3.05) is 26.2 Å². The maximum absolute atomic E-state index is 13.4. The van der Waals surface area contributed by atoms with Crippen LogP contribution in [0.3, 0.4) is 0 Å². The number of amides is 1. The van der Waals surface area contributed by atoms with Gasteiger partial charge in [-0.15, -0.1) is 10.2 Å². The van der Waals surface area contributed by atoms with E-state index in [1.54, 1.807) is 0 Å². The number of aromatic nitrogens is 4. The lowest BCUT2D eigenvalue weighted by molar-refractivity contribution is 0.0658. The van der Waals surface area contributed by atoms with Crippen LogP contribution in [0.1, 0.15) is 73.1 Å². The molecule has 8 nitrogen and oxygen atoms in total. The number of carbonyl (C=O) groups excluding carboxylic acids is 1. The molecule has 1 aliphatic carbocycles. The molecule has 1 unspecified atom stereocenters. The highest BCUT2D eigenvalue weighted by atomic mass is 16.5. The molecular weight excluding hydrogens is 404 g/mol. The number of nitrogens with zero attached hydrogens (tertiary/aromatic N) is 6. The Hall–Kier alpha value is -2.22. The van der Waals surface area contributed by atoms with Gasteiger partial charge in [-0.25, -0.2) is 0 Å². The fourth-order valence-electron chi connectivity index (χ4n) is 5.18. The minimum absolute atomic E-state index is 0.0198. The first-order valence-corrected chi connectivity index (χ1v) is 12.4. The van der Waals surface area contributed by atoms with Crippen molar-refractivity contribution >= 4 is 5.91 Å². The minimum atomic E-state index is 0.0198. The smallest absolute Gasteiger partial charge is 0.276 e. The monoisotopic (exact) mass is 440 g/mol. The summed E-state index contributed by atoms with van der Waals surface area (Å²) in [6.45, 7) is 9.73. The molecule has 4 heterocycles. The molecule has 174 valence electrons. The van der Waals surface area contributed by atoms with Crippen molar-refractivity contribution in [1.82, 2.24) is 29.7 Å². The second-order valence-corrected chi connectivity index (χ2v) is 10.3. The zero-order valence-corrected chi connectivity index (χ0v) is 19.5. The van der Waals surface area contributed by atoms with Gasteiger partial charge < -0.3 is 14.0 Å². The zero-order valence-electron chi connectivity index (χ0n) is 19.5. The molecular formula is C24H36N6O2. The summed E-state index contributed by atoms with van der Waals surface area (Å²) in [4.78, 5) is 17.9. The summed E-state index contributed by atoms with van der Waals surface area (Å²) in [5, 5.41) is 12.7. The molecule has 2 saturated heterocycles. The third kappa shape index (κ3) is 4.90. The Balaban J connectivity index is 1.23. The van der Waals surface area contributed by atoms with Crippen LogP contribution in [-0.4, -0.2) is 61.8 Å². The van der Waals surface area contributed by atoms with Crippen LogP contribution >= 0.6 is 0 Å². The Bertz CT molecular complexity index is 925. The Morgan fingerprint density at radius 3 is 2.72 bits per heavy atom. The lowest BCUT2D eigenvalue weighted by atomic mass is 9.94. The Morgan fingerprint density at radius 1 is 1.12 bits per heavy atom. The highest BCUT2D eigenvalue weighted by molar-refractivity contribution is 5.93. The predicted molar refractivity (Wildman–Crippen MR) is 120 cm³/mol. The molecule has 2 aliphatic heterocycles. The zero-order chi connectivity index (χ0) is 22.1. The third-order valence-corrected chi connectivity index (χ3v) is 7.57. The lowest BCUT2D eigenvalue weighted by Gasteiger charge is -2.33. The first-order chi connectivity index (χ1) is 15.6. The molecule has 2 aromatic heterocycles. The Labute approximate surface area is 190 Å². The fourth-order valence-corrected chi connectivity index (χ4v) is 5.18. The molecule has 0 N–H and O–H groups in total. The van der Waals surface area contributed by atoms with Gasteiger partial charge in [0.15, 0.2) is 5.69 Å². The van der Waals surface area contributed by atoms with Gasteiger partial charge in [-0.3, -0.25) is 9.69 Å². The number of rotatable bonds is 7. The van der Waals surface area contributed by atoms with E-state index in [0.29, 0.717) is 11.6 Å². The van der Waals surface area contributed by atoms with Crippen molar-refractivity contribution in [3.63, 3.8) is 0 Å². The van der Waals surface area contributed by atoms with E-state index in [9.17, 15) is 4.79 Å². The van der Waals surface area contributed by atoms with E-state index >= 15 is 0 Å². The van der Waals surface area contributed by atoms with Gasteiger partial charge in [-0.2, -0.15) is 0 Å². The second kappa shape index (κ2) is 9.33. The first kappa shape index (κ1) is 21.6. The van der Waals surface area contributed by atoms with Crippen LogP contribution < -0.4 is 0 Å². The molecule has 3 aliphatic rings. The summed E-state index contributed by atoms with van der Waals surface area (Å²) in [6, 6.07) is 0. The van der Waals surface area contributed by atoms with Crippen LogP contribution in [0.25, 0.3) is 0 Å². The number of piperidine rings is 2. The molecule has 3 fully saturated rings. The summed E-state index contributed by atoms with van der Waals surface area (Å²) in [5.41, 5.74) is 1.48. The second-order valence-electron chi connectivity index (χ2n) is 10.3. The van der Waals surface area contributed by atoms with Gasteiger partial charge in [0.1, 0.15) is 17.9 Å². The third-order valence-electron chi connectivity index (χ3n) is 7.57. The maximum atomic E-state index is 13.4. The quantitative estimate of drug-likeness (QED) is 0.657. The van der Waals surface area contributed by atoms with Gasteiger partial charge in [-0.05, 0) is 76.3 Å². The molecule has 0 bridgehead atoms. The fraction of sp³-hybridized carbons (Fsp3) is 0.750. The van der Waals surface area contributed by atoms with E-state index in [0.717, 1.165) is 87.5 Å². The summed E-state index contributed by atoms with van der Waals surface area (Å²) in [6.07, 6.45) is 9.95. The van der Waals surface area contributed by atoms with Crippen LogP contribution in [0.15, 0.2) is 10.9 Å². The van der Waals surface area contributed by atoms with Crippen molar-refractivity contribution < 1.29 is 9.32 Å². The van der Waals surface area contributed by atoms with Crippen LogP contribution in [0.5, 0.6) is 0 Å². The van der Waals surface area contributed by atoms with E-state index in [1.165, 1.54) is 25.7 Å². The van der Waals surface area contributed by atoms with Crippen molar-refractivity contribution in [3.8, 4) is 0 Å². The average Bonchev–Trinajstić information content (AvgIpc) is 3.40. The number of carbonyl (C=O) groups is 1. The largest absolute Gasteiger partial charge is 0.361 e. The first-order valence-electron chi connectivity index (χ1n) is 12.4. The summed E-state index contributed by atoms with van der Waals surface area (Å²) >= 11 is 0.